The van der Waals surface area contributed by atoms with Crippen molar-refractivity contribution in [1.29, 1.82) is 0 Å². The lowest BCUT2D eigenvalue weighted by Gasteiger charge is -2.13. The lowest BCUT2D eigenvalue weighted by atomic mass is 10.1. The molecule has 0 aliphatic carbocycles. The minimum absolute atomic E-state index is 0.0105. The third kappa shape index (κ3) is 6.91. The van der Waals surface area contributed by atoms with E-state index in [0.717, 1.165) is 24.5 Å². The molecular weight excluding hydrogens is 374 g/mol. The molecule has 1 amide bonds. The number of amides is 1. The van der Waals surface area contributed by atoms with Crippen LogP contribution in [0.15, 0.2) is 48.5 Å². The van der Waals surface area contributed by atoms with Crippen molar-refractivity contribution < 1.29 is 19.2 Å². The van der Waals surface area contributed by atoms with Gasteiger partial charge in [0.15, 0.2) is 6.61 Å². The number of carbonyl (C=O) groups is 2. The first-order chi connectivity index (χ1) is 13.9. The fourth-order valence-electron chi connectivity index (χ4n) is 2.79. The second-order valence-corrected chi connectivity index (χ2v) is 6.66. The van der Waals surface area contributed by atoms with Crippen LogP contribution >= 0.6 is 0 Å². The highest BCUT2D eigenvalue weighted by Gasteiger charge is 2.19. The first-order valence-electron chi connectivity index (χ1n) is 9.43. The van der Waals surface area contributed by atoms with Gasteiger partial charge in [0, 0.05) is 18.7 Å². The molecule has 0 saturated heterocycles. The van der Waals surface area contributed by atoms with E-state index >= 15 is 0 Å². The molecule has 2 rings (SSSR count). The molecule has 0 bridgehead atoms. The molecule has 8 nitrogen and oxygen atoms in total. The van der Waals surface area contributed by atoms with E-state index in [-0.39, 0.29) is 17.3 Å². The highest BCUT2D eigenvalue weighted by atomic mass is 16.6. The molecule has 2 aromatic rings. The van der Waals surface area contributed by atoms with E-state index < -0.39 is 23.4 Å². The highest BCUT2D eigenvalue weighted by Crippen LogP contribution is 2.26. The van der Waals surface area contributed by atoms with Crippen LogP contribution in [0.3, 0.4) is 0 Å². The predicted octanol–water partition coefficient (Wildman–Crippen LogP) is 3.67. The van der Waals surface area contributed by atoms with Crippen LogP contribution in [0.4, 0.5) is 11.4 Å². The molecule has 0 heterocycles. The van der Waals surface area contributed by atoms with Gasteiger partial charge in [-0.15, -0.1) is 0 Å². The van der Waals surface area contributed by atoms with E-state index in [1.54, 1.807) is 0 Å². The maximum atomic E-state index is 12.2. The number of anilines is 1. The van der Waals surface area contributed by atoms with Crippen LogP contribution in [0.2, 0.25) is 0 Å². The Kier molecular flexibility index (Phi) is 8.14. The molecule has 1 unspecified atom stereocenters. The summed E-state index contributed by atoms with van der Waals surface area (Å²) in [6.45, 7) is 3.85. The molecule has 2 N–H and O–H groups in total. The molecule has 8 heteroatoms. The van der Waals surface area contributed by atoms with Crippen molar-refractivity contribution in [3.63, 3.8) is 0 Å². The molecule has 0 aliphatic rings. The maximum Gasteiger partial charge on any atom is 0.338 e. The van der Waals surface area contributed by atoms with E-state index in [1.165, 1.54) is 12.1 Å². The summed E-state index contributed by atoms with van der Waals surface area (Å²) in [6, 6.07) is 13.5. The van der Waals surface area contributed by atoms with Crippen LogP contribution in [0.5, 0.6) is 0 Å². The molecule has 1 atom stereocenters. The lowest BCUT2D eigenvalue weighted by molar-refractivity contribution is -0.384. The van der Waals surface area contributed by atoms with E-state index in [4.69, 9.17) is 4.74 Å². The molecule has 0 fully saturated rings. The van der Waals surface area contributed by atoms with Crippen molar-refractivity contribution in [1.82, 2.24) is 5.32 Å². The fraction of sp³-hybridized carbons (Fsp3) is 0.333. The van der Waals surface area contributed by atoms with Crippen molar-refractivity contribution in [3.8, 4) is 0 Å². The van der Waals surface area contributed by atoms with Crippen molar-refractivity contribution in [2.45, 2.75) is 39.3 Å². The molecule has 0 radical (unpaired) electrons. The standard InChI is InChI=1S/C21H25N3O5/c1-3-7-15(2)23-20(25)14-29-21(26)17-10-11-18(19(12-17)24(27)28)22-13-16-8-5-4-6-9-16/h4-6,8-12,15,22H,3,7,13-14H2,1-2H3,(H,23,25). The summed E-state index contributed by atoms with van der Waals surface area (Å²) >= 11 is 0. The van der Waals surface area contributed by atoms with Crippen LogP contribution in [-0.2, 0) is 16.1 Å². The number of carbonyl (C=O) groups excluding carboxylic acids is 2. The van der Waals surface area contributed by atoms with Gasteiger partial charge >= 0.3 is 5.97 Å². The zero-order valence-corrected chi connectivity index (χ0v) is 16.5. The molecule has 0 spiro atoms. The topological polar surface area (TPSA) is 111 Å². The van der Waals surface area contributed by atoms with E-state index in [2.05, 4.69) is 10.6 Å². The number of esters is 1. The second kappa shape index (κ2) is 10.8. The Labute approximate surface area is 169 Å². The summed E-state index contributed by atoms with van der Waals surface area (Å²) in [4.78, 5) is 34.8. The Morgan fingerprint density at radius 1 is 1.17 bits per heavy atom. The number of hydrogen-bond donors (Lipinski definition) is 2. The maximum absolute atomic E-state index is 12.2. The monoisotopic (exact) mass is 399 g/mol. The zero-order chi connectivity index (χ0) is 21.2. The van der Waals surface area contributed by atoms with E-state index in [9.17, 15) is 19.7 Å². The fourth-order valence-corrected chi connectivity index (χ4v) is 2.79. The van der Waals surface area contributed by atoms with Gasteiger partial charge in [-0.2, -0.15) is 0 Å². The summed E-state index contributed by atoms with van der Waals surface area (Å²) in [7, 11) is 0. The number of nitro benzene ring substituents is 1. The van der Waals surface area contributed by atoms with E-state index in [1.807, 2.05) is 44.2 Å². The first-order valence-corrected chi connectivity index (χ1v) is 9.43. The quantitative estimate of drug-likeness (QED) is 0.358. The largest absolute Gasteiger partial charge is 0.452 e. The third-order valence-corrected chi connectivity index (χ3v) is 4.22. The minimum Gasteiger partial charge on any atom is -0.452 e. The molecule has 154 valence electrons. The second-order valence-electron chi connectivity index (χ2n) is 6.66. The summed E-state index contributed by atoms with van der Waals surface area (Å²) in [5.74, 6) is -1.20. The number of nitrogens with zero attached hydrogens (tertiary/aromatic N) is 1. The average molecular weight is 399 g/mol. The number of hydrogen-bond acceptors (Lipinski definition) is 6. The Balaban J connectivity index is 2.00. The molecule has 0 aliphatic heterocycles. The van der Waals surface area contributed by atoms with Gasteiger partial charge in [0.25, 0.3) is 11.6 Å². The Morgan fingerprint density at radius 3 is 2.55 bits per heavy atom. The van der Waals surface area contributed by atoms with Crippen molar-refractivity contribution in [2.75, 3.05) is 11.9 Å². The number of ether oxygens (including phenoxy) is 1. The minimum atomic E-state index is -0.791. The van der Waals surface area contributed by atoms with Crippen LogP contribution < -0.4 is 10.6 Å². The molecule has 29 heavy (non-hydrogen) atoms. The Morgan fingerprint density at radius 2 is 1.90 bits per heavy atom. The van der Waals surface area contributed by atoms with Gasteiger partial charge in [0.1, 0.15) is 5.69 Å². The lowest BCUT2D eigenvalue weighted by Crippen LogP contribution is -2.35. The Hall–Kier alpha value is -3.42. The Bertz CT molecular complexity index is 855. The normalized spacial score (nSPS) is 11.4. The molecule has 2 aromatic carbocycles. The van der Waals surface area contributed by atoms with Gasteiger partial charge in [0.2, 0.25) is 0 Å². The van der Waals surface area contributed by atoms with Gasteiger partial charge in [-0.3, -0.25) is 14.9 Å². The van der Waals surface area contributed by atoms with Gasteiger partial charge in [-0.1, -0.05) is 43.7 Å². The van der Waals surface area contributed by atoms with Crippen LogP contribution in [0, 0.1) is 10.1 Å². The van der Waals surface area contributed by atoms with Crippen LogP contribution in [0.25, 0.3) is 0 Å². The molecule has 0 saturated carbocycles. The summed E-state index contributed by atoms with van der Waals surface area (Å²) in [5, 5.41) is 17.1. The highest BCUT2D eigenvalue weighted by molar-refractivity contribution is 5.93. The molecule has 0 aromatic heterocycles. The van der Waals surface area contributed by atoms with Crippen molar-refractivity contribution in [2.24, 2.45) is 0 Å². The summed E-state index contributed by atoms with van der Waals surface area (Å²) in [6.07, 6.45) is 1.75. The molecular formula is C21H25N3O5. The third-order valence-electron chi connectivity index (χ3n) is 4.22. The summed E-state index contributed by atoms with van der Waals surface area (Å²) < 4.78 is 4.98. The predicted molar refractivity (Wildman–Crippen MR) is 110 cm³/mol. The van der Waals surface area contributed by atoms with E-state index in [0.29, 0.717) is 12.2 Å². The first kappa shape index (κ1) is 21.9. The number of rotatable bonds is 10. The number of nitro groups is 1. The van der Waals surface area contributed by atoms with Crippen LogP contribution in [0.1, 0.15) is 42.6 Å². The van der Waals surface area contributed by atoms with Crippen molar-refractivity contribution in [3.05, 3.63) is 69.8 Å². The van der Waals surface area contributed by atoms with Gasteiger partial charge in [-0.05, 0) is 31.0 Å². The summed E-state index contributed by atoms with van der Waals surface area (Å²) in [5.41, 5.74) is 1.03. The van der Waals surface area contributed by atoms with Gasteiger partial charge in [0.05, 0.1) is 10.5 Å². The average Bonchev–Trinajstić information content (AvgIpc) is 2.71. The van der Waals surface area contributed by atoms with Crippen molar-refractivity contribution >= 4 is 23.3 Å². The van der Waals surface area contributed by atoms with Gasteiger partial charge in [-0.25, -0.2) is 4.79 Å². The number of benzene rings is 2. The smallest absolute Gasteiger partial charge is 0.338 e. The SMILES string of the molecule is CCCC(C)NC(=O)COC(=O)c1ccc(NCc2ccccc2)c([N+](=O)[O-])c1. The van der Waals surface area contributed by atoms with Gasteiger partial charge < -0.3 is 15.4 Å². The number of nitrogens with one attached hydrogen (secondary N) is 2. The zero-order valence-electron chi connectivity index (χ0n) is 16.5. The van der Waals surface area contributed by atoms with Crippen LogP contribution in [-0.4, -0.2) is 29.4 Å².